The van der Waals surface area contributed by atoms with Crippen molar-refractivity contribution in [2.75, 3.05) is 18.2 Å². The van der Waals surface area contributed by atoms with Crippen LogP contribution in [0.2, 0.25) is 0 Å². The van der Waals surface area contributed by atoms with E-state index in [2.05, 4.69) is 10.3 Å². The number of benzene rings is 2. The van der Waals surface area contributed by atoms with Crippen molar-refractivity contribution in [1.29, 1.82) is 0 Å². The summed E-state index contributed by atoms with van der Waals surface area (Å²) in [4.78, 5) is 17.7. The van der Waals surface area contributed by atoms with E-state index in [0.717, 1.165) is 27.7 Å². The minimum absolute atomic E-state index is 0.0185. The van der Waals surface area contributed by atoms with Crippen molar-refractivity contribution in [2.24, 2.45) is 0 Å². The number of nitrogens with one attached hydrogen (secondary N) is 1. The summed E-state index contributed by atoms with van der Waals surface area (Å²) in [6.07, 6.45) is 0.441. The second-order valence-electron chi connectivity index (χ2n) is 5.23. The normalized spacial score (nSPS) is 10.4. The van der Waals surface area contributed by atoms with E-state index in [9.17, 15) is 4.79 Å². The highest BCUT2D eigenvalue weighted by atomic mass is 32.2. The van der Waals surface area contributed by atoms with E-state index >= 15 is 0 Å². The van der Waals surface area contributed by atoms with Crippen molar-refractivity contribution in [3.8, 4) is 17.0 Å². The predicted octanol–water partition coefficient (Wildman–Crippen LogP) is 4.94. The number of ether oxygens (including phenoxy) is 1. The highest BCUT2D eigenvalue weighted by Gasteiger charge is 2.08. The Labute approximate surface area is 155 Å². The Kier molecular flexibility index (Phi) is 6.09. The molecule has 0 aliphatic heterocycles. The number of anilines is 1. The molecule has 0 aliphatic carbocycles. The van der Waals surface area contributed by atoms with Gasteiger partial charge in [-0.2, -0.15) is 0 Å². The maximum absolute atomic E-state index is 12.1. The first-order valence-corrected chi connectivity index (χ1v) is 9.69. The zero-order valence-electron chi connectivity index (χ0n) is 13.8. The van der Waals surface area contributed by atoms with E-state index in [1.54, 1.807) is 18.9 Å². The van der Waals surface area contributed by atoms with Crippen LogP contribution >= 0.6 is 23.1 Å². The number of rotatable bonds is 7. The Morgan fingerprint density at radius 1 is 1.16 bits per heavy atom. The third kappa shape index (κ3) is 5.08. The van der Waals surface area contributed by atoms with Crippen LogP contribution < -0.4 is 10.1 Å². The van der Waals surface area contributed by atoms with Gasteiger partial charge in [0.1, 0.15) is 5.75 Å². The summed E-state index contributed by atoms with van der Waals surface area (Å²) >= 11 is 3.09. The minimum Gasteiger partial charge on any atom is -0.497 e. The predicted molar refractivity (Wildman–Crippen MR) is 105 cm³/mol. The summed E-state index contributed by atoms with van der Waals surface area (Å²) in [5.41, 5.74) is 1.93. The number of hydrogen-bond donors (Lipinski definition) is 1. The number of hydrogen-bond acceptors (Lipinski definition) is 5. The molecule has 0 fully saturated rings. The molecule has 0 spiro atoms. The van der Waals surface area contributed by atoms with Gasteiger partial charge in [-0.1, -0.05) is 30.3 Å². The molecule has 3 aromatic rings. The average molecular weight is 370 g/mol. The molecular weight excluding hydrogens is 352 g/mol. The molecular formula is C19H18N2O2S2. The monoisotopic (exact) mass is 370 g/mol. The van der Waals surface area contributed by atoms with Gasteiger partial charge in [0.2, 0.25) is 5.91 Å². The number of nitrogens with zero attached hydrogens (tertiary/aromatic N) is 1. The number of carbonyl (C=O) groups is 1. The van der Waals surface area contributed by atoms with Gasteiger partial charge >= 0.3 is 0 Å². The maximum Gasteiger partial charge on any atom is 0.226 e. The van der Waals surface area contributed by atoms with Crippen LogP contribution in [-0.4, -0.2) is 23.8 Å². The zero-order valence-corrected chi connectivity index (χ0v) is 15.4. The maximum atomic E-state index is 12.1. The highest BCUT2D eigenvalue weighted by Crippen LogP contribution is 2.25. The Morgan fingerprint density at radius 3 is 2.64 bits per heavy atom. The third-order valence-electron chi connectivity index (χ3n) is 3.48. The minimum atomic E-state index is -0.0185. The van der Waals surface area contributed by atoms with E-state index in [1.165, 1.54) is 11.3 Å². The second kappa shape index (κ2) is 8.69. The fraction of sp³-hybridized carbons (Fsp3) is 0.158. The molecule has 3 rings (SSSR count). The van der Waals surface area contributed by atoms with Crippen LogP contribution in [-0.2, 0) is 4.79 Å². The molecule has 0 radical (unpaired) electrons. The van der Waals surface area contributed by atoms with Crippen molar-refractivity contribution >= 4 is 34.1 Å². The van der Waals surface area contributed by atoms with Crippen LogP contribution in [0.4, 0.5) is 5.13 Å². The smallest absolute Gasteiger partial charge is 0.226 e. The molecule has 0 saturated heterocycles. The number of thiazole rings is 1. The van der Waals surface area contributed by atoms with Gasteiger partial charge in [0, 0.05) is 28.0 Å². The van der Waals surface area contributed by atoms with Crippen LogP contribution in [0, 0.1) is 0 Å². The first kappa shape index (κ1) is 17.5. The summed E-state index contributed by atoms with van der Waals surface area (Å²) in [5, 5.41) is 5.46. The van der Waals surface area contributed by atoms with E-state index in [4.69, 9.17) is 4.74 Å². The van der Waals surface area contributed by atoms with Gasteiger partial charge in [0.15, 0.2) is 5.13 Å². The van der Waals surface area contributed by atoms with Crippen molar-refractivity contribution in [3.05, 3.63) is 60.0 Å². The van der Waals surface area contributed by atoms with Gasteiger partial charge in [0.05, 0.1) is 12.8 Å². The lowest BCUT2D eigenvalue weighted by molar-refractivity contribution is -0.115. The van der Waals surface area contributed by atoms with Crippen molar-refractivity contribution < 1.29 is 9.53 Å². The molecule has 0 bridgehead atoms. The van der Waals surface area contributed by atoms with Crippen molar-refractivity contribution in [2.45, 2.75) is 11.3 Å². The van der Waals surface area contributed by atoms with Crippen LogP contribution in [0.5, 0.6) is 5.75 Å². The molecule has 25 heavy (non-hydrogen) atoms. The van der Waals surface area contributed by atoms with Gasteiger partial charge in [-0.3, -0.25) is 4.79 Å². The van der Waals surface area contributed by atoms with Crippen LogP contribution in [0.15, 0.2) is 64.9 Å². The molecule has 1 aromatic heterocycles. The molecule has 4 nitrogen and oxygen atoms in total. The second-order valence-corrected chi connectivity index (χ2v) is 7.25. The summed E-state index contributed by atoms with van der Waals surface area (Å²) in [5.74, 6) is 1.53. The Balaban J connectivity index is 1.47. The number of thioether (sulfide) groups is 1. The molecule has 0 saturated carbocycles. The van der Waals surface area contributed by atoms with Crippen molar-refractivity contribution in [3.63, 3.8) is 0 Å². The average Bonchev–Trinajstić information content (AvgIpc) is 3.11. The van der Waals surface area contributed by atoms with Gasteiger partial charge < -0.3 is 10.1 Å². The number of methoxy groups -OCH3 is 1. The fourth-order valence-corrected chi connectivity index (χ4v) is 3.78. The Morgan fingerprint density at radius 2 is 1.92 bits per heavy atom. The molecule has 1 N–H and O–H groups in total. The number of carbonyl (C=O) groups excluding carboxylic acids is 1. The number of aromatic nitrogens is 1. The summed E-state index contributed by atoms with van der Waals surface area (Å²) < 4.78 is 5.13. The van der Waals surface area contributed by atoms with Gasteiger partial charge in [-0.25, -0.2) is 4.98 Å². The van der Waals surface area contributed by atoms with Gasteiger partial charge in [-0.15, -0.1) is 23.1 Å². The molecule has 0 atom stereocenters. The molecule has 128 valence electrons. The Bertz CT molecular complexity index is 817. The van der Waals surface area contributed by atoms with Crippen LogP contribution in [0.1, 0.15) is 6.42 Å². The molecule has 2 aromatic carbocycles. The quantitative estimate of drug-likeness (QED) is 0.599. The van der Waals surface area contributed by atoms with E-state index < -0.39 is 0 Å². The van der Waals surface area contributed by atoms with Crippen LogP contribution in [0.25, 0.3) is 11.3 Å². The SMILES string of the molecule is COc1ccc(SCCC(=O)Nc2nc(-c3ccccc3)cs2)cc1. The summed E-state index contributed by atoms with van der Waals surface area (Å²) in [7, 11) is 1.65. The molecule has 0 unspecified atom stereocenters. The van der Waals surface area contributed by atoms with E-state index in [-0.39, 0.29) is 5.91 Å². The van der Waals surface area contributed by atoms with E-state index in [1.807, 2.05) is 60.0 Å². The number of amides is 1. The standard InChI is InChI=1S/C19H18N2O2S2/c1-23-15-7-9-16(10-8-15)24-12-11-18(22)21-19-20-17(13-25-19)14-5-3-2-4-6-14/h2-10,13H,11-12H2,1H3,(H,20,21,22). The van der Waals surface area contributed by atoms with Crippen molar-refractivity contribution in [1.82, 2.24) is 4.98 Å². The Hall–Kier alpha value is -2.31. The molecule has 1 amide bonds. The molecule has 0 aliphatic rings. The zero-order chi connectivity index (χ0) is 17.5. The van der Waals surface area contributed by atoms with E-state index in [0.29, 0.717) is 11.6 Å². The largest absolute Gasteiger partial charge is 0.497 e. The lowest BCUT2D eigenvalue weighted by Gasteiger charge is -2.04. The summed E-state index contributed by atoms with van der Waals surface area (Å²) in [6.45, 7) is 0. The lowest BCUT2D eigenvalue weighted by Crippen LogP contribution is -2.11. The third-order valence-corrected chi connectivity index (χ3v) is 5.25. The lowest BCUT2D eigenvalue weighted by atomic mass is 10.2. The van der Waals surface area contributed by atoms with Gasteiger partial charge in [-0.05, 0) is 24.3 Å². The fourth-order valence-electron chi connectivity index (χ4n) is 2.19. The molecule has 1 heterocycles. The first-order chi connectivity index (χ1) is 12.2. The van der Waals surface area contributed by atoms with Crippen LogP contribution in [0.3, 0.4) is 0 Å². The van der Waals surface area contributed by atoms with Gasteiger partial charge in [0.25, 0.3) is 0 Å². The molecule has 6 heteroatoms. The highest BCUT2D eigenvalue weighted by molar-refractivity contribution is 7.99. The topological polar surface area (TPSA) is 51.2 Å². The first-order valence-electron chi connectivity index (χ1n) is 7.82. The summed E-state index contributed by atoms with van der Waals surface area (Å²) in [6, 6.07) is 17.8.